The number of hydrogen-bond donors (Lipinski definition) is 0. The van der Waals surface area contributed by atoms with Gasteiger partial charge in [0.15, 0.2) is 0 Å². The highest BCUT2D eigenvalue weighted by atomic mass is 16.2. The molecule has 124 valence electrons. The Bertz CT molecular complexity index is 718. The number of carbonyl (C=O) groups excluding carboxylic acids is 1. The van der Waals surface area contributed by atoms with Gasteiger partial charge in [0.2, 0.25) is 0 Å². The minimum atomic E-state index is 0.124. The van der Waals surface area contributed by atoms with Gasteiger partial charge in [0.05, 0.1) is 0 Å². The van der Waals surface area contributed by atoms with Gasteiger partial charge < -0.3 is 9.80 Å². The Hall–Kier alpha value is -2.20. The number of likely N-dealkylation sites (tertiary alicyclic amines) is 2. The van der Waals surface area contributed by atoms with Crippen molar-refractivity contribution in [3.63, 3.8) is 0 Å². The Labute approximate surface area is 143 Å². The van der Waals surface area contributed by atoms with Crippen molar-refractivity contribution in [2.24, 2.45) is 0 Å². The Morgan fingerprint density at radius 2 is 1.79 bits per heavy atom. The van der Waals surface area contributed by atoms with E-state index in [0.29, 0.717) is 6.04 Å². The number of piperidine rings is 1. The van der Waals surface area contributed by atoms with E-state index in [2.05, 4.69) is 47.3 Å². The second-order valence-electron chi connectivity index (χ2n) is 7.01. The smallest absolute Gasteiger partial charge is 0.254 e. The number of nitrogens with zero attached hydrogens (tertiary/aromatic N) is 3. The SMILES string of the molecule is CN1CC[C@@]2(c3ccccc3)CCN(C(=O)c3ccncc3)C[C@H]12. The lowest BCUT2D eigenvalue weighted by Crippen LogP contribution is -2.56. The molecule has 2 aliphatic heterocycles. The summed E-state index contributed by atoms with van der Waals surface area (Å²) in [4.78, 5) is 21.3. The molecule has 0 aliphatic carbocycles. The van der Waals surface area contributed by atoms with Crippen LogP contribution in [0.1, 0.15) is 28.8 Å². The standard InChI is InChI=1S/C20H23N3O/c1-22-13-9-20(17-5-3-2-4-6-17)10-14-23(15-18(20)22)19(24)16-7-11-21-12-8-16/h2-8,11-12,18H,9-10,13-15H2,1H3/t18-,20-/m0/s1. The summed E-state index contributed by atoms with van der Waals surface area (Å²) in [5.41, 5.74) is 2.35. The molecular formula is C20H23N3O. The number of carbonyl (C=O) groups is 1. The fourth-order valence-corrected chi connectivity index (χ4v) is 4.47. The zero-order valence-electron chi connectivity index (χ0n) is 14.1. The maximum Gasteiger partial charge on any atom is 0.254 e. The van der Waals surface area contributed by atoms with Gasteiger partial charge in [-0.15, -0.1) is 0 Å². The van der Waals surface area contributed by atoms with Crippen molar-refractivity contribution >= 4 is 5.91 Å². The third-order valence-corrected chi connectivity index (χ3v) is 5.86. The van der Waals surface area contributed by atoms with Gasteiger partial charge in [-0.2, -0.15) is 0 Å². The molecule has 4 heteroatoms. The third kappa shape index (κ3) is 2.42. The minimum absolute atomic E-state index is 0.124. The second kappa shape index (κ2) is 6.02. The fraction of sp³-hybridized carbons (Fsp3) is 0.400. The highest BCUT2D eigenvalue weighted by Crippen LogP contribution is 2.45. The summed E-state index contributed by atoms with van der Waals surface area (Å²) in [6.07, 6.45) is 5.58. The number of likely N-dealkylation sites (N-methyl/N-ethyl adjacent to an activating group) is 1. The van der Waals surface area contributed by atoms with Gasteiger partial charge in [-0.3, -0.25) is 9.78 Å². The molecule has 24 heavy (non-hydrogen) atoms. The molecule has 1 aromatic carbocycles. The Balaban J connectivity index is 1.61. The molecule has 1 amide bonds. The lowest BCUT2D eigenvalue weighted by Gasteiger charge is -2.46. The fourth-order valence-electron chi connectivity index (χ4n) is 4.47. The number of fused-ring (bicyclic) bond motifs is 1. The molecule has 2 saturated heterocycles. The third-order valence-electron chi connectivity index (χ3n) is 5.86. The molecule has 3 heterocycles. The molecule has 0 bridgehead atoms. The summed E-state index contributed by atoms with van der Waals surface area (Å²) in [6.45, 7) is 2.71. The summed E-state index contributed by atoms with van der Waals surface area (Å²) >= 11 is 0. The van der Waals surface area contributed by atoms with Crippen molar-refractivity contribution in [2.75, 3.05) is 26.7 Å². The number of aromatic nitrogens is 1. The van der Waals surface area contributed by atoms with Crippen LogP contribution in [0.15, 0.2) is 54.9 Å². The number of amides is 1. The normalized spacial score (nSPS) is 27.0. The van der Waals surface area contributed by atoms with E-state index in [1.54, 1.807) is 24.5 Å². The first-order valence-electron chi connectivity index (χ1n) is 8.66. The van der Waals surface area contributed by atoms with Gasteiger partial charge in [0.1, 0.15) is 0 Å². The summed E-state index contributed by atoms with van der Waals surface area (Å²) in [7, 11) is 2.19. The van der Waals surface area contributed by atoms with Gasteiger partial charge in [-0.25, -0.2) is 0 Å². The van der Waals surface area contributed by atoms with Crippen LogP contribution < -0.4 is 0 Å². The molecule has 4 rings (SSSR count). The van der Waals surface area contributed by atoms with E-state index < -0.39 is 0 Å². The highest BCUT2D eigenvalue weighted by Gasteiger charge is 2.50. The van der Waals surface area contributed by atoms with Crippen LogP contribution in [0.25, 0.3) is 0 Å². The molecule has 4 nitrogen and oxygen atoms in total. The highest BCUT2D eigenvalue weighted by molar-refractivity contribution is 5.94. The molecule has 0 spiro atoms. The summed E-state index contributed by atoms with van der Waals surface area (Å²) in [5, 5.41) is 0. The molecule has 0 N–H and O–H groups in total. The van der Waals surface area contributed by atoms with Crippen LogP contribution in [0.2, 0.25) is 0 Å². The first kappa shape index (κ1) is 15.3. The maximum absolute atomic E-state index is 12.8. The number of rotatable bonds is 2. The molecule has 2 fully saturated rings. The first-order valence-corrected chi connectivity index (χ1v) is 8.66. The van der Waals surface area contributed by atoms with E-state index in [9.17, 15) is 4.79 Å². The maximum atomic E-state index is 12.8. The van der Waals surface area contributed by atoms with Crippen molar-refractivity contribution in [3.05, 3.63) is 66.0 Å². The quantitative estimate of drug-likeness (QED) is 0.853. The van der Waals surface area contributed by atoms with Gasteiger partial charge in [0, 0.05) is 42.5 Å². The summed E-state index contributed by atoms with van der Waals surface area (Å²) in [6, 6.07) is 14.9. The van der Waals surface area contributed by atoms with E-state index in [4.69, 9.17) is 0 Å². The van der Waals surface area contributed by atoms with Crippen molar-refractivity contribution in [3.8, 4) is 0 Å². The van der Waals surface area contributed by atoms with Gasteiger partial charge >= 0.3 is 0 Å². The van der Waals surface area contributed by atoms with Crippen LogP contribution in [0.4, 0.5) is 0 Å². The van der Waals surface area contributed by atoms with Crippen LogP contribution in [-0.2, 0) is 5.41 Å². The van der Waals surface area contributed by atoms with Crippen molar-refractivity contribution in [2.45, 2.75) is 24.3 Å². The van der Waals surface area contributed by atoms with Crippen molar-refractivity contribution < 1.29 is 4.79 Å². The lowest BCUT2D eigenvalue weighted by atomic mass is 9.69. The average molecular weight is 321 g/mol. The predicted molar refractivity (Wildman–Crippen MR) is 93.9 cm³/mol. The first-order chi connectivity index (χ1) is 11.7. The Morgan fingerprint density at radius 1 is 1.08 bits per heavy atom. The second-order valence-corrected chi connectivity index (χ2v) is 7.01. The zero-order valence-corrected chi connectivity index (χ0v) is 14.1. The van der Waals surface area contributed by atoms with Crippen molar-refractivity contribution in [1.82, 2.24) is 14.8 Å². The largest absolute Gasteiger partial charge is 0.337 e. The van der Waals surface area contributed by atoms with Crippen LogP contribution in [0.5, 0.6) is 0 Å². The Kier molecular flexibility index (Phi) is 3.85. The summed E-state index contributed by atoms with van der Waals surface area (Å²) in [5.74, 6) is 0.124. The Morgan fingerprint density at radius 3 is 2.54 bits per heavy atom. The van der Waals surface area contributed by atoms with Crippen LogP contribution >= 0.6 is 0 Å². The molecule has 2 aliphatic rings. The van der Waals surface area contributed by atoms with E-state index in [1.807, 2.05) is 4.90 Å². The summed E-state index contributed by atoms with van der Waals surface area (Å²) < 4.78 is 0. The number of hydrogen-bond acceptors (Lipinski definition) is 3. The van der Waals surface area contributed by atoms with Crippen molar-refractivity contribution in [1.29, 1.82) is 0 Å². The topological polar surface area (TPSA) is 36.4 Å². The van der Waals surface area contributed by atoms with Crippen LogP contribution in [0.3, 0.4) is 0 Å². The molecule has 1 aromatic heterocycles. The van der Waals surface area contributed by atoms with Crippen LogP contribution in [-0.4, -0.2) is 53.4 Å². The van der Waals surface area contributed by atoms with Gasteiger partial charge in [-0.05, 0) is 44.1 Å². The lowest BCUT2D eigenvalue weighted by molar-refractivity contribution is 0.0553. The van der Waals surface area contributed by atoms with E-state index in [-0.39, 0.29) is 11.3 Å². The van der Waals surface area contributed by atoms with E-state index in [1.165, 1.54) is 12.0 Å². The molecular weight excluding hydrogens is 298 g/mol. The monoisotopic (exact) mass is 321 g/mol. The predicted octanol–water partition coefficient (Wildman–Crippen LogP) is 2.57. The molecule has 0 radical (unpaired) electrons. The molecule has 0 unspecified atom stereocenters. The van der Waals surface area contributed by atoms with Gasteiger partial charge in [-0.1, -0.05) is 30.3 Å². The zero-order chi connectivity index (χ0) is 16.6. The number of pyridine rings is 1. The average Bonchev–Trinajstić information content (AvgIpc) is 3.00. The van der Waals surface area contributed by atoms with Crippen LogP contribution in [0, 0.1) is 0 Å². The molecule has 2 atom stereocenters. The van der Waals surface area contributed by atoms with E-state index in [0.717, 1.165) is 31.6 Å². The van der Waals surface area contributed by atoms with Gasteiger partial charge in [0.25, 0.3) is 5.91 Å². The van der Waals surface area contributed by atoms with E-state index >= 15 is 0 Å². The molecule has 2 aromatic rings. The molecule has 0 saturated carbocycles. The minimum Gasteiger partial charge on any atom is -0.337 e. The number of benzene rings is 1.